The number of fused-ring (bicyclic) bond motifs is 1. The second-order valence-electron chi connectivity index (χ2n) is 7.82. The van der Waals surface area contributed by atoms with Gasteiger partial charge >= 0.3 is 6.09 Å². The number of anilines is 1. The molecular weight excluding hydrogens is 376 g/mol. The van der Waals surface area contributed by atoms with Crippen LogP contribution in [0.1, 0.15) is 35.2 Å². The number of carbonyl (C=O) groups is 1. The van der Waals surface area contributed by atoms with Gasteiger partial charge in [-0.1, -0.05) is 30.3 Å². The molecule has 1 aromatic heterocycles. The summed E-state index contributed by atoms with van der Waals surface area (Å²) in [5.74, 6) is 0. The van der Waals surface area contributed by atoms with Crippen LogP contribution in [0.5, 0.6) is 0 Å². The highest BCUT2D eigenvalue weighted by molar-refractivity contribution is 5.99. The standard InChI is InChI=1S/C24H26N4O2/c1-16-17(2)27-23-19(13-25)10-11-21(22(16)23)28-12-6-9-20(15-28)30-24(29)26-14-18-7-4-3-5-8-18/h3-5,7-8,10-11,20,27H,6,9,12,14-15H2,1-2H3,(H,26,29)/t20-/m0/s1. The fourth-order valence-corrected chi connectivity index (χ4v) is 4.14. The minimum Gasteiger partial charge on any atom is -0.444 e. The van der Waals surface area contributed by atoms with Gasteiger partial charge in [0.15, 0.2) is 0 Å². The molecule has 1 amide bonds. The monoisotopic (exact) mass is 402 g/mol. The van der Waals surface area contributed by atoms with Gasteiger partial charge in [0.2, 0.25) is 0 Å². The van der Waals surface area contributed by atoms with Crippen molar-refractivity contribution in [1.82, 2.24) is 10.3 Å². The van der Waals surface area contributed by atoms with E-state index in [9.17, 15) is 10.1 Å². The Labute approximate surface area is 176 Å². The largest absolute Gasteiger partial charge is 0.444 e. The van der Waals surface area contributed by atoms with E-state index in [0.29, 0.717) is 18.7 Å². The molecule has 0 spiro atoms. The number of benzene rings is 2. The summed E-state index contributed by atoms with van der Waals surface area (Å²) in [7, 11) is 0. The number of piperidine rings is 1. The van der Waals surface area contributed by atoms with Gasteiger partial charge in [-0.25, -0.2) is 4.79 Å². The van der Waals surface area contributed by atoms with E-state index in [1.165, 1.54) is 0 Å². The zero-order valence-electron chi connectivity index (χ0n) is 17.4. The molecule has 0 bridgehead atoms. The number of nitriles is 1. The second-order valence-corrected chi connectivity index (χ2v) is 7.82. The van der Waals surface area contributed by atoms with Crippen LogP contribution in [0.3, 0.4) is 0 Å². The predicted molar refractivity (Wildman–Crippen MR) is 117 cm³/mol. The van der Waals surface area contributed by atoms with E-state index in [2.05, 4.69) is 28.2 Å². The Bertz CT molecular complexity index is 1100. The average molecular weight is 402 g/mol. The number of nitrogens with one attached hydrogen (secondary N) is 2. The Morgan fingerprint density at radius 2 is 2.07 bits per heavy atom. The van der Waals surface area contributed by atoms with E-state index in [1.807, 2.05) is 49.4 Å². The van der Waals surface area contributed by atoms with Crippen LogP contribution in [0.2, 0.25) is 0 Å². The number of alkyl carbamates (subject to hydrolysis) is 1. The molecule has 4 rings (SSSR count). The first-order chi connectivity index (χ1) is 14.6. The lowest BCUT2D eigenvalue weighted by atomic mass is 10.0. The Morgan fingerprint density at radius 1 is 1.27 bits per heavy atom. The molecule has 0 saturated carbocycles. The lowest BCUT2D eigenvalue weighted by molar-refractivity contribution is 0.0880. The van der Waals surface area contributed by atoms with Crippen molar-refractivity contribution in [2.75, 3.05) is 18.0 Å². The molecule has 1 fully saturated rings. The SMILES string of the molecule is Cc1[nH]c2c(C#N)ccc(N3CCC[C@H](OC(=O)NCc4ccccc4)C3)c2c1C. The van der Waals surface area contributed by atoms with Gasteiger partial charge in [-0.15, -0.1) is 0 Å². The van der Waals surface area contributed by atoms with Crippen molar-refractivity contribution in [1.29, 1.82) is 5.26 Å². The summed E-state index contributed by atoms with van der Waals surface area (Å²) in [6.07, 6.45) is 1.24. The van der Waals surface area contributed by atoms with Crippen LogP contribution >= 0.6 is 0 Å². The summed E-state index contributed by atoms with van der Waals surface area (Å²) in [6.45, 7) is 6.10. The molecule has 0 radical (unpaired) electrons. The van der Waals surface area contributed by atoms with E-state index in [4.69, 9.17) is 4.74 Å². The number of rotatable bonds is 4. The number of aryl methyl sites for hydroxylation is 2. The van der Waals surface area contributed by atoms with Gasteiger partial charge in [0.25, 0.3) is 0 Å². The number of H-pyrrole nitrogens is 1. The summed E-state index contributed by atoms with van der Waals surface area (Å²) in [6, 6.07) is 15.9. The van der Waals surface area contributed by atoms with Crippen LogP contribution < -0.4 is 10.2 Å². The Morgan fingerprint density at radius 3 is 2.83 bits per heavy atom. The highest BCUT2D eigenvalue weighted by Crippen LogP contribution is 2.35. The van der Waals surface area contributed by atoms with Gasteiger partial charge in [-0.05, 0) is 49.9 Å². The van der Waals surface area contributed by atoms with E-state index in [1.54, 1.807) is 0 Å². The first kappa shape index (κ1) is 19.8. The molecular formula is C24H26N4O2. The highest BCUT2D eigenvalue weighted by Gasteiger charge is 2.26. The van der Waals surface area contributed by atoms with E-state index < -0.39 is 0 Å². The highest BCUT2D eigenvalue weighted by atomic mass is 16.6. The predicted octanol–water partition coefficient (Wildman–Crippen LogP) is 4.55. The van der Waals surface area contributed by atoms with Crippen molar-refractivity contribution in [2.45, 2.75) is 39.3 Å². The van der Waals surface area contributed by atoms with Gasteiger partial charge in [0.05, 0.1) is 17.6 Å². The summed E-state index contributed by atoms with van der Waals surface area (Å²) in [5.41, 5.74) is 5.88. The number of aromatic nitrogens is 1. The molecule has 2 N–H and O–H groups in total. The average Bonchev–Trinajstić information content (AvgIpc) is 3.07. The van der Waals surface area contributed by atoms with Crippen molar-refractivity contribution < 1.29 is 9.53 Å². The number of amides is 1. The smallest absolute Gasteiger partial charge is 0.407 e. The lowest BCUT2D eigenvalue weighted by Gasteiger charge is -2.34. The van der Waals surface area contributed by atoms with Crippen molar-refractivity contribution in [3.63, 3.8) is 0 Å². The topological polar surface area (TPSA) is 81.2 Å². The van der Waals surface area contributed by atoms with Crippen LogP contribution in [0, 0.1) is 25.2 Å². The fourth-order valence-electron chi connectivity index (χ4n) is 4.14. The fraction of sp³-hybridized carbons (Fsp3) is 0.333. The third kappa shape index (κ3) is 3.97. The Kier molecular flexibility index (Phi) is 5.62. The summed E-state index contributed by atoms with van der Waals surface area (Å²) in [5, 5.41) is 13.4. The van der Waals surface area contributed by atoms with Crippen molar-refractivity contribution in [3.8, 4) is 6.07 Å². The Hall–Kier alpha value is -3.46. The minimum atomic E-state index is -0.385. The summed E-state index contributed by atoms with van der Waals surface area (Å²) >= 11 is 0. The number of aromatic amines is 1. The molecule has 2 heterocycles. The third-order valence-corrected chi connectivity index (χ3v) is 5.83. The zero-order valence-corrected chi connectivity index (χ0v) is 17.4. The van der Waals surface area contributed by atoms with Crippen LogP contribution in [0.25, 0.3) is 10.9 Å². The number of carbonyl (C=O) groups excluding carboxylic acids is 1. The zero-order chi connectivity index (χ0) is 21.1. The molecule has 1 aliphatic rings. The first-order valence-electron chi connectivity index (χ1n) is 10.3. The van der Waals surface area contributed by atoms with Crippen LogP contribution in [-0.4, -0.2) is 30.3 Å². The number of hydrogen-bond acceptors (Lipinski definition) is 4. The summed E-state index contributed by atoms with van der Waals surface area (Å²) in [4.78, 5) is 17.9. The van der Waals surface area contributed by atoms with Crippen molar-refractivity contribution in [2.24, 2.45) is 0 Å². The quantitative estimate of drug-likeness (QED) is 0.671. The van der Waals surface area contributed by atoms with Crippen LogP contribution in [0.4, 0.5) is 10.5 Å². The summed E-state index contributed by atoms with van der Waals surface area (Å²) < 4.78 is 5.71. The molecule has 1 aliphatic heterocycles. The van der Waals surface area contributed by atoms with Crippen molar-refractivity contribution in [3.05, 3.63) is 64.8 Å². The molecule has 154 valence electrons. The first-order valence-corrected chi connectivity index (χ1v) is 10.3. The maximum absolute atomic E-state index is 12.3. The molecule has 3 aromatic rings. The molecule has 30 heavy (non-hydrogen) atoms. The van der Waals surface area contributed by atoms with Crippen molar-refractivity contribution >= 4 is 22.7 Å². The normalized spacial score (nSPS) is 16.3. The van der Waals surface area contributed by atoms with E-state index in [0.717, 1.165) is 52.8 Å². The second kappa shape index (κ2) is 8.50. The minimum absolute atomic E-state index is 0.166. The van der Waals surface area contributed by atoms with Crippen LogP contribution in [-0.2, 0) is 11.3 Å². The maximum atomic E-state index is 12.3. The third-order valence-electron chi connectivity index (χ3n) is 5.83. The Balaban J connectivity index is 1.47. The molecule has 6 heteroatoms. The van der Waals surface area contributed by atoms with Crippen LogP contribution in [0.15, 0.2) is 42.5 Å². The molecule has 0 unspecified atom stereocenters. The van der Waals surface area contributed by atoms with Gasteiger partial charge in [0.1, 0.15) is 12.2 Å². The maximum Gasteiger partial charge on any atom is 0.407 e. The number of hydrogen-bond donors (Lipinski definition) is 2. The van der Waals surface area contributed by atoms with E-state index in [-0.39, 0.29) is 12.2 Å². The number of ether oxygens (including phenoxy) is 1. The van der Waals surface area contributed by atoms with E-state index >= 15 is 0 Å². The van der Waals surface area contributed by atoms with Gasteiger partial charge in [-0.2, -0.15) is 5.26 Å². The molecule has 2 aromatic carbocycles. The van der Waals surface area contributed by atoms with Gasteiger partial charge < -0.3 is 19.9 Å². The van der Waals surface area contributed by atoms with Gasteiger partial charge in [-0.3, -0.25) is 0 Å². The molecule has 0 aliphatic carbocycles. The number of nitrogens with zero attached hydrogens (tertiary/aromatic N) is 2. The molecule has 1 saturated heterocycles. The lowest BCUT2D eigenvalue weighted by Crippen LogP contribution is -2.42. The molecule has 6 nitrogen and oxygen atoms in total. The van der Waals surface area contributed by atoms with Gasteiger partial charge in [0, 0.05) is 29.9 Å². The molecule has 1 atom stereocenters.